The second-order valence-corrected chi connectivity index (χ2v) is 5.73. The van der Waals surface area contributed by atoms with E-state index in [-0.39, 0.29) is 0 Å². The molecule has 0 radical (unpaired) electrons. The smallest absolute Gasteiger partial charge is 0.230 e. The molecule has 7 heteroatoms. The summed E-state index contributed by atoms with van der Waals surface area (Å²) >= 11 is 0. The van der Waals surface area contributed by atoms with Crippen molar-refractivity contribution in [2.24, 2.45) is 0 Å². The van der Waals surface area contributed by atoms with Crippen LogP contribution in [0.25, 0.3) is 0 Å². The molecule has 7 nitrogen and oxygen atoms in total. The Balaban J connectivity index is 1.60. The molecule has 2 aromatic heterocycles. The standard InChI is InChI=1S/C13H20N6O/c1-9(2)19-8-14-15-11(19)6-18(3)7-12-16-17-13(20-12)10-4-5-10/h8-10H,4-7H2,1-3H3. The molecule has 0 saturated heterocycles. The third-order valence-electron chi connectivity index (χ3n) is 3.43. The van der Waals surface area contributed by atoms with Gasteiger partial charge in [-0.3, -0.25) is 4.90 Å². The summed E-state index contributed by atoms with van der Waals surface area (Å²) in [5.74, 6) is 2.92. The van der Waals surface area contributed by atoms with E-state index in [1.807, 2.05) is 7.05 Å². The topological polar surface area (TPSA) is 72.9 Å². The van der Waals surface area contributed by atoms with Gasteiger partial charge in [0.2, 0.25) is 11.8 Å². The molecular weight excluding hydrogens is 256 g/mol. The van der Waals surface area contributed by atoms with Gasteiger partial charge in [-0.05, 0) is 33.7 Å². The summed E-state index contributed by atoms with van der Waals surface area (Å²) < 4.78 is 7.74. The molecule has 1 saturated carbocycles. The number of nitrogens with zero attached hydrogens (tertiary/aromatic N) is 6. The SMILES string of the molecule is CC(C)n1cnnc1CN(C)Cc1nnc(C2CC2)o1. The Morgan fingerprint density at radius 2 is 2.10 bits per heavy atom. The summed E-state index contributed by atoms with van der Waals surface area (Å²) in [5.41, 5.74) is 0. The molecule has 0 aliphatic heterocycles. The van der Waals surface area contributed by atoms with Gasteiger partial charge in [-0.2, -0.15) is 0 Å². The largest absolute Gasteiger partial charge is 0.424 e. The van der Waals surface area contributed by atoms with Crippen LogP contribution < -0.4 is 0 Å². The zero-order chi connectivity index (χ0) is 14.1. The Bertz CT molecular complexity index is 571. The molecule has 108 valence electrons. The highest BCUT2D eigenvalue weighted by Crippen LogP contribution is 2.39. The predicted molar refractivity (Wildman–Crippen MR) is 71.9 cm³/mol. The van der Waals surface area contributed by atoms with Gasteiger partial charge in [-0.1, -0.05) is 0 Å². The Morgan fingerprint density at radius 3 is 2.80 bits per heavy atom. The molecule has 0 atom stereocenters. The van der Waals surface area contributed by atoms with Gasteiger partial charge in [-0.25, -0.2) is 0 Å². The van der Waals surface area contributed by atoms with Crippen molar-refractivity contribution in [2.45, 2.75) is 51.7 Å². The molecule has 1 aliphatic rings. The van der Waals surface area contributed by atoms with Gasteiger partial charge < -0.3 is 8.98 Å². The van der Waals surface area contributed by atoms with E-state index in [1.54, 1.807) is 6.33 Å². The first-order valence-electron chi connectivity index (χ1n) is 7.02. The number of hydrogen-bond acceptors (Lipinski definition) is 6. The first-order chi connectivity index (χ1) is 9.63. The van der Waals surface area contributed by atoms with E-state index in [9.17, 15) is 0 Å². The minimum Gasteiger partial charge on any atom is -0.424 e. The van der Waals surface area contributed by atoms with Gasteiger partial charge in [-0.15, -0.1) is 20.4 Å². The van der Waals surface area contributed by atoms with E-state index in [0.29, 0.717) is 30.9 Å². The van der Waals surface area contributed by atoms with Crippen LogP contribution in [-0.4, -0.2) is 36.9 Å². The van der Waals surface area contributed by atoms with Crippen molar-refractivity contribution in [2.75, 3.05) is 7.05 Å². The van der Waals surface area contributed by atoms with Crippen molar-refractivity contribution in [1.82, 2.24) is 29.9 Å². The molecule has 1 fully saturated rings. The summed E-state index contributed by atoms with van der Waals surface area (Å²) in [6, 6.07) is 0.360. The Kier molecular flexibility index (Phi) is 3.52. The molecule has 0 N–H and O–H groups in total. The zero-order valence-corrected chi connectivity index (χ0v) is 12.2. The fraction of sp³-hybridized carbons (Fsp3) is 0.692. The molecule has 0 bridgehead atoms. The van der Waals surface area contributed by atoms with Crippen LogP contribution in [0.1, 0.15) is 56.3 Å². The lowest BCUT2D eigenvalue weighted by molar-refractivity contribution is 0.266. The van der Waals surface area contributed by atoms with Crippen molar-refractivity contribution >= 4 is 0 Å². The maximum absolute atomic E-state index is 5.67. The molecule has 0 spiro atoms. The summed E-state index contributed by atoms with van der Waals surface area (Å²) in [5, 5.41) is 16.3. The summed E-state index contributed by atoms with van der Waals surface area (Å²) in [6.45, 7) is 5.57. The predicted octanol–water partition coefficient (Wildman–Crippen LogP) is 1.75. The van der Waals surface area contributed by atoms with Gasteiger partial charge in [0.05, 0.1) is 13.1 Å². The molecule has 1 aliphatic carbocycles. The monoisotopic (exact) mass is 276 g/mol. The highest BCUT2D eigenvalue weighted by molar-refractivity contribution is 5.00. The van der Waals surface area contributed by atoms with Crippen molar-refractivity contribution in [3.05, 3.63) is 23.9 Å². The van der Waals surface area contributed by atoms with Crippen LogP contribution in [0.15, 0.2) is 10.7 Å². The zero-order valence-electron chi connectivity index (χ0n) is 12.2. The molecular formula is C13H20N6O. The fourth-order valence-electron chi connectivity index (χ4n) is 2.17. The van der Waals surface area contributed by atoms with E-state index in [1.165, 1.54) is 12.8 Å². The summed E-state index contributed by atoms with van der Waals surface area (Å²) in [4.78, 5) is 2.10. The number of rotatable bonds is 6. The van der Waals surface area contributed by atoms with E-state index in [4.69, 9.17) is 4.42 Å². The normalized spacial score (nSPS) is 15.4. The first kappa shape index (κ1) is 13.2. The van der Waals surface area contributed by atoms with Crippen LogP contribution in [0.2, 0.25) is 0 Å². The van der Waals surface area contributed by atoms with Gasteiger partial charge in [0, 0.05) is 12.0 Å². The lowest BCUT2D eigenvalue weighted by atomic mass is 10.3. The molecule has 0 unspecified atom stereocenters. The van der Waals surface area contributed by atoms with Gasteiger partial charge in [0.25, 0.3) is 0 Å². The van der Waals surface area contributed by atoms with E-state index < -0.39 is 0 Å². The molecule has 0 aromatic carbocycles. The maximum Gasteiger partial charge on any atom is 0.230 e. The lowest BCUT2D eigenvalue weighted by Crippen LogP contribution is -2.20. The Labute approximate surface area is 118 Å². The fourth-order valence-corrected chi connectivity index (χ4v) is 2.17. The average Bonchev–Trinajstić information content (AvgIpc) is 2.96. The third-order valence-corrected chi connectivity index (χ3v) is 3.43. The molecule has 2 heterocycles. The minimum absolute atomic E-state index is 0.360. The summed E-state index contributed by atoms with van der Waals surface area (Å²) in [7, 11) is 2.01. The van der Waals surface area contributed by atoms with Crippen LogP contribution in [0.4, 0.5) is 0 Å². The lowest BCUT2D eigenvalue weighted by Gasteiger charge is -2.16. The van der Waals surface area contributed by atoms with E-state index >= 15 is 0 Å². The van der Waals surface area contributed by atoms with Gasteiger partial charge in [0.15, 0.2) is 0 Å². The van der Waals surface area contributed by atoms with Crippen molar-refractivity contribution < 1.29 is 4.42 Å². The number of aromatic nitrogens is 5. The molecule has 3 rings (SSSR count). The van der Waals surface area contributed by atoms with Crippen molar-refractivity contribution in [3.63, 3.8) is 0 Å². The average molecular weight is 276 g/mol. The second-order valence-electron chi connectivity index (χ2n) is 5.73. The highest BCUT2D eigenvalue weighted by atomic mass is 16.4. The molecule has 0 amide bonds. The van der Waals surface area contributed by atoms with Gasteiger partial charge >= 0.3 is 0 Å². The van der Waals surface area contributed by atoms with E-state index in [0.717, 1.165) is 11.7 Å². The minimum atomic E-state index is 0.360. The van der Waals surface area contributed by atoms with Crippen LogP contribution in [-0.2, 0) is 13.1 Å². The molecule has 2 aromatic rings. The van der Waals surface area contributed by atoms with Crippen LogP contribution >= 0.6 is 0 Å². The quantitative estimate of drug-likeness (QED) is 0.800. The van der Waals surface area contributed by atoms with Gasteiger partial charge in [0.1, 0.15) is 12.2 Å². The Hall–Kier alpha value is -1.76. The summed E-state index contributed by atoms with van der Waals surface area (Å²) in [6.07, 6.45) is 4.12. The molecule has 20 heavy (non-hydrogen) atoms. The Morgan fingerprint density at radius 1 is 1.30 bits per heavy atom. The van der Waals surface area contributed by atoms with Crippen LogP contribution in [0, 0.1) is 0 Å². The van der Waals surface area contributed by atoms with Crippen LogP contribution in [0.5, 0.6) is 0 Å². The number of hydrogen-bond donors (Lipinski definition) is 0. The highest BCUT2D eigenvalue weighted by Gasteiger charge is 2.29. The van der Waals surface area contributed by atoms with Crippen molar-refractivity contribution in [3.8, 4) is 0 Å². The maximum atomic E-state index is 5.67. The second kappa shape index (κ2) is 5.32. The van der Waals surface area contributed by atoms with Crippen molar-refractivity contribution in [1.29, 1.82) is 0 Å². The third kappa shape index (κ3) is 2.87. The van der Waals surface area contributed by atoms with E-state index in [2.05, 4.69) is 43.7 Å². The van der Waals surface area contributed by atoms with Crippen LogP contribution in [0.3, 0.4) is 0 Å². The first-order valence-corrected chi connectivity index (χ1v) is 7.02.